The van der Waals surface area contributed by atoms with Gasteiger partial charge in [0, 0.05) is 18.5 Å². The number of carbonyl (C=O) groups is 2. The Hall–Kier alpha value is -3.28. The Morgan fingerprint density at radius 2 is 1.86 bits per heavy atom. The lowest BCUT2D eigenvalue weighted by Crippen LogP contribution is -2.47. The summed E-state index contributed by atoms with van der Waals surface area (Å²) in [6, 6.07) is 11.0. The van der Waals surface area contributed by atoms with Gasteiger partial charge in [0.05, 0.1) is 22.3 Å². The van der Waals surface area contributed by atoms with Gasteiger partial charge in [0.15, 0.2) is 0 Å². The van der Waals surface area contributed by atoms with Crippen molar-refractivity contribution in [3.05, 3.63) is 59.4 Å². The average Bonchev–Trinajstić information content (AvgIpc) is 3.28. The molecular formula is C25H31N5O5S. The van der Waals surface area contributed by atoms with Crippen molar-refractivity contribution in [2.24, 2.45) is 5.92 Å². The van der Waals surface area contributed by atoms with Crippen LogP contribution in [-0.4, -0.2) is 60.0 Å². The van der Waals surface area contributed by atoms with E-state index < -0.39 is 28.3 Å². The summed E-state index contributed by atoms with van der Waals surface area (Å²) in [4.78, 5) is 34.5. The maximum absolute atomic E-state index is 13.3. The highest BCUT2D eigenvalue weighted by Gasteiger charge is 2.24. The molecule has 192 valence electrons. The van der Waals surface area contributed by atoms with Crippen molar-refractivity contribution in [1.82, 2.24) is 25.1 Å². The summed E-state index contributed by atoms with van der Waals surface area (Å²) in [5, 5.41) is 13.3. The molecule has 1 aliphatic heterocycles. The minimum absolute atomic E-state index is 0.0244. The van der Waals surface area contributed by atoms with Gasteiger partial charge in [-0.25, -0.2) is 13.4 Å². The topological polar surface area (TPSA) is 144 Å². The van der Waals surface area contributed by atoms with Crippen LogP contribution in [0.4, 0.5) is 0 Å². The van der Waals surface area contributed by atoms with E-state index in [-0.39, 0.29) is 17.0 Å². The zero-order chi connectivity index (χ0) is 25.7. The maximum atomic E-state index is 13.3. The van der Waals surface area contributed by atoms with Crippen LogP contribution in [0.2, 0.25) is 0 Å². The molecule has 1 saturated heterocycles. The third-order valence-electron chi connectivity index (χ3n) is 6.38. The van der Waals surface area contributed by atoms with Crippen LogP contribution in [0.25, 0.3) is 11.0 Å². The number of hydrazine groups is 1. The molecule has 0 unspecified atom stereocenters. The number of carboxylic acids is 1. The van der Waals surface area contributed by atoms with Crippen molar-refractivity contribution in [2.45, 2.75) is 43.9 Å². The van der Waals surface area contributed by atoms with Crippen molar-refractivity contribution < 1.29 is 23.1 Å². The zero-order valence-electron chi connectivity index (χ0n) is 20.2. The number of aromatic amines is 1. The molecular weight excluding hydrogens is 482 g/mol. The molecule has 1 fully saturated rings. The first-order chi connectivity index (χ1) is 17.2. The fraction of sp³-hybridized carbons (Fsp3) is 0.400. The highest BCUT2D eigenvalue weighted by Crippen LogP contribution is 2.21. The summed E-state index contributed by atoms with van der Waals surface area (Å²) < 4.78 is 25.8. The van der Waals surface area contributed by atoms with Gasteiger partial charge >= 0.3 is 5.97 Å². The molecule has 36 heavy (non-hydrogen) atoms. The van der Waals surface area contributed by atoms with Crippen LogP contribution in [0, 0.1) is 12.8 Å². The minimum Gasteiger partial charge on any atom is -0.481 e. The second-order valence-corrected chi connectivity index (χ2v) is 10.8. The number of nitrogens with one attached hydrogen (secondary N) is 3. The molecule has 1 aliphatic rings. The molecule has 4 N–H and O–H groups in total. The Bertz CT molecular complexity index is 1330. The van der Waals surface area contributed by atoms with E-state index in [2.05, 4.69) is 20.1 Å². The number of rotatable bonds is 10. The molecule has 1 aromatic heterocycles. The smallest absolute Gasteiger partial charge is 0.305 e. The molecule has 0 atom stereocenters. The number of H-pyrrole nitrogens is 1. The number of aromatic nitrogens is 2. The average molecular weight is 514 g/mol. The fourth-order valence-electron chi connectivity index (χ4n) is 4.29. The number of carbonyl (C=O) groups excluding carboxylic acids is 1. The quantitative estimate of drug-likeness (QED) is 0.305. The Morgan fingerprint density at radius 1 is 1.14 bits per heavy atom. The van der Waals surface area contributed by atoms with Crippen LogP contribution in [-0.2, 0) is 21.2 Å². The van der Waals surface area contributed by atoms with Gasteiger partial charge in [0.2, 0.25) is 0 Å². The molecule has 0 bridgehead atoms. The summed E-state index contributed by atoms with van der Waals surface area (Å²) >= 11 is 0. The number of nitrogens with zero attached hydrogens (tertiary/aromatic N) is 2. The molecule has 2 heterocycles. The molecule has 0 spiro atoms. The number of imidazole rings is 1. The van der Waals surface area contributed by atoms with Gasteiger partial charge in [-0.3, -0.25) is 14.6 Å². The summed E-state index contributed by atoms with van der Waals surface area (Å²) in [5.41, 5.74) is 2.48. The lowest BCUT2D eigenvalue weighted by Gasteiger charge is -2.23. The predicted molar refractivity (Wildman–Crippen MR) is 135 cm³/mol. The van der Waals surface area contributed by atoms with Crippen molar-refractivity contribution in [1.29, 1.82) is 0 Å². The van der Waals surface area contributed by atoms with E-state index in [0.717, 1.165) is 55.2 Å². The van der Waals surface area contributed by atoms with E-state index in [1.165, 1.54) is 12.1 Å². The fourth-order valence-corrected chi connectivity index (χ4v) is 5.36. The molecule has 0 aliphatic carbocycles. The van der Waals surface area contributed by atoms with Crippen LogP contribution in [0.1, 0.15) is 47.4 Å². The summed E-state index contributed by atoms with van der Waals surface area (Å²) in [6.45, 7) is 3.59. The van der Waals surface area contributed by atoms with Gasteiger partial charge in [0.25, 0.3) is 15.9 Å². The van der Waals surface area contributed by atoms with Gasteiger partial charge in [-0.05, 0) is 75.5 Å². The number of amides is 1. The Morgan fingerprint density at radius 3 is 2.56 bits per heavy atom. The van der Waals surface area contributed by atoms with E-state index in [4.69, 9.17) is 5.11 Å². The number of aryl methyl sites for hydroxylation is 2. The first kappa shape index (κ1) is 25.8. The number of piperidine rings is 1. The van der Waals surface area contributed by atoms with Gasteiger partial charge in [-0.1, -0.05) is 17.7 Å². The highest BCUT2D eigenvalue weighted by atomic mass is 32.2. The van der Waals surface area contributed by atoms with Gasteiger partial charge in [-0.2, -0.15) is 0 Å². The lowest BCUT2D eigenvalue weighted by atomic mass is 9.93. The number of fused-ring (bicyclic) bond motifs is 1. The number of aliphatic carboxylic acids is 1. The van der Waals surface area contributed by atoms with Crippen LogP contribution in [0.15, 0.2) is 47.4 Å². The minimum atomic E-state index is -4.10. The van der Waals surface area contributed by atoms with Crippen LogP contribution < -0.4 is 10.1 Å². The first-order valence-corrected chi connectivity index (χ1v) is 13.5. The van der Waals surface area contributed by atoms with Gasteiger partial charge < -0.3 is 15.4 Å². The van der Waals surface area contributed by atoms with E-state index in [1.54, 1.807) is 30.3 Å². The first-order valence-electron chi connectivity index (χ1n) is 12.0. The molecule has 11 heteroatoms. The number of hydrogen-bond acceptors (Lipinski definition) is 6. The number of sulfonamides is 1. The summed E-state index contributed by atoms with van der Waals surface area (Å²) in [7, 11) is -4.10. The second-order valence-electron chi connectivity index (χ2n) is 9.16. The molecule has 0 radical (unpaired) electrons. The summed E-state index contributed by atoms with van der Waals surface area (Å²) in [5.74, 6) is -0.290. The van der Waals surface area contributed by atoms with Gasteiger partial charge in [0.1, 0.15) is 5.82 Å². The van der Waals surface area contributed by atoms with Crippen molar-refractivity contribution in [3.8, 4) is 0 Å². The van der Waals surface area contributed by atoms with E-state index in [9.17, 15) is 18.0 Å². The number of carboxylic acid groups (broad SMARTS) is 1. The standard InChI is InChI=1S/C25H31N5O5S/c1-17-2-6-20(7-3-17)36(34,35)29-30(15-12-24(31)32)25(33)19-5-8-21-22(16-19)28-23(27-21)9-4-18-10-13-26-14-11-18/h2-3,5-8,16,18,26,29H,4,9-15H2,1H3,(H,27,28)(H,31,32). The predicted octanol–water partition coefficient (Wildman–Crippen LogP) is 2.61. The zero-order valence-corrected chi connectivity index (χ0v) is 21.0. The Balaban J connectivity index is 1.52. The Kier molecular flexibility index (Phi) is 8.02. The third kappa shape index (κ3) is 6.48. The van der Waals surface area contributed by atoms with Crippen LogP contribution in [0.5, 0.6) is 0 Å². The Labute approximate surface area is 210 Å². The van der Waals surface area contributed by atoms with E-state index in [0.29, 0.717) is 17.0 Å². The number of benzene rings is 2. The van der Waals surface area contributed by atoms with Crippen molar-refractivity contribution in [3.63, 3.8) is 0 Å². The SMILES string of the molecule is Cc1ccc(S(=O)(=O)NN(CCC(=O)O)C(=O)c2ccc3nc(CCC4CCNCC4)[nH]c3c2)cc1. The van der Waals surface area contributed by atoms with E-state index in [1.807, 2.05) is 6.92 Å². The van der Waals surface area contributed by atoms with Crippen LogP contribution in [0.3, 0.4) is 0 Å². The van der Waals surface area contributed by atoms with Crippen LogP contribution >= 0.6 is 0 Å². The highest BCUT2D eigenvalue weighted by molar-refractivity contribution is 7.89. The number of hydrogen-bond donors (Lipinski definition) is 4. The molecule has 1 amide bonds. The normalized spacial score (nSPS) is 14.7. The van der Waals surface area contributed by atoms with Gasteiger partial charge in [-0.15, -0.1) is 4.83 Å². The van der Waals surface area contributed by atoms with E-state index >= 15 is 0 Å². The van der Waals surface area contributed by atoms with Crippen molar-refractivity contribution in [2.75, 3.05) is 19.6 Å². The monoisotopic (exact) mass is 513 g/mol. The molecule has 0 saturated carbocycles. The third-order valence-corrected chi connectivity index (χ3v) is 7.74. The molecule has 2 aromatic carbocycles. The molecule has 10 nitrogen and oxygen atoms in total. The second kappa shape index (κ2) is 11.2. The molecule has 3 aromatic rings. The summed E-state index contributed by atoms with van der Waals surface area (Å²) in [6.07, 6.45) is 3.74. The largest absolute Gasteiger partial charge is 0.481 e. The van der Waals surface area contributed by atoms with Crippen molar-refractivity contribution >= 4 is 32.9 Å². The maximum Gasteiger partial charge on any atom is 0.305 e. The molecule has 4 rings (SSSR count). The lowest BCUT2D eigenvalue weighted by molar-refractivity contribution is -0.137.